The van der Waals surface area contributed by atoms with Gasteiger partial charge in [0.05, 0.1) is 23.8 Å². The van der Waals surface area contributed by atoms with Crippen molar-refractivity contribution in [3.63, 3.8) is 0 Å². The third-order valence-corrected chi connectivity index (χ3v) is 4.91. The Morgan fingerprint density at radius 1 is 0.938 bits per heavy atom. The predicted octanol–water partition coefficient (Wildman–Crippen LogP) is 4.68. The van der Waals surface area contributed by atoms with E-state index in [4.69, 9.17) is 4.74 Å². The molecule has 12 heteroatoms. The Labute approximate surface area is 176 Å². The van der Waals surface area contributed by atoms with Crippen molar-refractivity contribution in [2.75, 3.05) is 6.61 Å². The summed E-state index contributed by atoms with van der Waals surface area (Å²) in [7, 11) is 0. The molecule has 2 aromatic carbocycles. The van der Waals surface area contributed by atoms with Crippen LogP contribution in [-0.2, 0) is 27.4 Å². The number of hydrogen-bond acceptors (Lipinski definition) is 3. The van der Waals surface area contributed by atoms with Gasteiger partial charge in [0, 0.05) is 0 Å². The van der Waals surface area contributed by atoms with Gasteiger partial charge in [-0.25, -0.2) is 9.18 Å². The molecule has 5 nitrogen and oxygen atoms in total. The highest BCUT2D eigenvalue weighted by Crippen LogP contribution is 2.38. The van der Waals surface area contributed by atoms with Crippen LogP contribution in [0, 0.1) is 5.82 Å². The van der Waals surface area contributed by atoms with Gasteiger partial charge in [-0.3, -0.25) is 10.1 Å². The van der Waals surface area contributed by atoms with Gasteiger partial charge in [0.2, 0.25) is 0 Å². The highest BCUT2D eigenvalue weighted by atomic mass is 19.4. The molecule has 0 bridgehead atoms. The first-order chi connectivity index (χ1) is 14.7. The Morgan fingerprint density at radius 3 is 1.91 bits per heavy atom. The summed E-state index contributed by atoms with van der Waals surface area (Å²) in [5, 5.41) is 4.31. The Morgan fingerprint density at radius 2 is 1.47 bits per heavy atom. The molecule has 1 fully saturated rings. The van der Waals surface area contributed by atoms with E-state index in [1.165, 1.54) is 19.1 Å². The lowest BCUT2D eigenvalue weighted by Gasteiger charge is -2.28. The number of urea groups is 1. The van der Waals surface area contributed by atoms with Gasteiger partial charge in [-0.15, -0.1) is 0 Å². The topological polar surface area (TPSA) is 67.4 Å². The molecule has 0 spiro atoms. The number of nitrogens with one attached hydrogen (secondary N) is 2. The van der Waals surface area contributed by atoms with Gasteiger partial charge >= 0.3 is 18.4 Å². The predicted molar refractivity (Wildman–Crippen MR) is 95.6 cm³/mol. The molecule has 1 heterocycles. The number of ether oxygens (including phenoxy) is 1. The van der Waals surface area contributed by atoms with Crippen molar-refractivity contribution in [1.82, 2.24) is 10.6 Å². The summed E-state index contributed by atoms with van der Waals surface area (Å²) >= 11 is 0. The van der Waals surface area contributed by atoms with Gasteiger partial charge in [0.15, 0.2) is 5.54 Å². The fraction of sp³-hybridized carbons (Fsp3) is 0.300. The van der Waals surface area contributed by atoms with Gasteiger partial charge in [-0.1, -0.05) is 12.1 Å². The fourth-order valence-electron chi connectivity index (χ4n) is 3.17. The molecule has 3 rings (SSSR count). The zero-order valence-electron chi connectivity index (χ0n) is 16.2. The number of imide groups is 1. The molecule has 2 aromatic rings. The van der Waals surface area contributed by atoms with E-state index in [1.807, 2.05) is 5.32 Å². The van der Waals surface area contributed by atoms with Crippen molar-refractivity contribution in [3.05, 3.63) is 70.5 Å². The molecular formula is C20H15F7N2O3. The maximum Gasteiger partial charge on any atom is 0.416 e. The largest absolute Gasteiger partial charge is 0.416 e. The van der Waals surface area contributed by atoms with E-state index in [0.29, 0.717) is 12.1 Å². The standard InChI is InChI=1S/C20H15F7N2O3/c1-10(11-6-13(19(22,23)24)8-14(7-11)20(25,26)27)32-9-18(16(30)28-17(31)29-18)12-2-4-15(21)5-3-12/h2-8,10H,9H2,1H3,(H2,28,29,30,31)/t10-,18-/m1/s1. The molecule has 2 N–H and O–H groups in total. The monoisotopic (exact) mass is 464 g/mol. The van der Waals surface area contributed by atoms with Crippen molar-refractivity contribution in [2.45, 2.75) is 30.9 Å². The molecule has 1 saturated heterocycles. The molecule has 0 saturated carbocycles. The van der Waals surface area contributed by atoms with E-state index in [0.717, 1.165) is 12.1 Å². The number of alkyl halides is 6. The second-order valence-electron chi connectivity index (χ2n) is 7.11. The highest BCUT2D eigenvalue weighted by Gasteiger charge is 2.48. The smallest absolute Gasteiger partial charge is 0.370 e. The van der Waals surface area contributed by atoms with Crippen LogP contribution in [0.1, 0.15) is 35.3 Å². The first kappa shape index (κ1) is 23.5. The second-order valence-corrected chi connectivity index (χ2v) is 7.11. The van der Waals surface area contributed by atoms with Crippen LogP contribution in [0.2, 0.25) is 0 Å². The number of rotatable bonds is 5. The first-order valence-electron chi connectivity index (χ1n) is 9.03. The quantitative estimate of drug-likeness (QED) is 0.499. The van der Waals surface area contributed by atoms with E-state index in [9.17, 15) is 40.3 Å². The summed E-state index contributed by atoms with van der Waals surface area (Å²) in [4.78, 5) is 24.2. The van der Waals surface area contributed by atoms with Crippen molar-refractivity contribution in [1.29, 1.82) is 0 Å². The van der Waals surface area contributed by atoms with Crippen molar-refractivity contribution in [3.8, 4) is 0 Å². The molecule has 0 aromatic heterocycles. The maximum atomic E-state index is 13.3. The Kier molecular flexibility index (Phi) is 5.94. The number of hydrogen-bond donors (Lipinski definition) is 2. The Balaban J connectivity index is 1.93. The summed E-state index contributed by atoms with van der Waals surface area (Å²) in [5.74, 6) is -1.51. The summed E-state index contributed by atoms with van der Waals surface area (Å²) in [5.41, 5.74) is -5.22. The van der Waals surface area contributed by atoms with Crippen LogP contribution in [0.25, 0.3) is 0 Å². The maximum absolute atomic E-state index is 13.3. The molecule has 0 aliphatic carbocycles. The van der Waals surface area contributed by atoms with E-state index in [-0.39, 0.29) is 11.6 Å². The minimum Gasteiger partial charge on any atom is -0.370 e. The van der Waals surface area contributed by atoms with E-state index in [1.54, 1.807) is 0 Å². The van der Waals surface area contributed by atoms with Crippen LogP contribution in [0.4, 0.5) is 35.5 Å². The zero-order valence-corrected chi connectivity index (χ0v) is 16.2. The van der Waals surface area contributed by atoms with Crippen molar-refractivity contribution >= 4 is 11.9 Å². The Hall–Kier alpha value is -3.15. The van der Waals surface area contributed by atoms with Gasteiger partial charge in [0.25, 0.3) is 5.91 Å². The van der Waals surface area contributed by atoms with E-state index in [2.05, 4.69) is 5.32 Å². The number of carbonyl (C=O) groups excluding carboxylic acids is 2. The lowest BCUT2D eigenvalue weighted by molar-refractivity contribution is -0.143. The average Bonchev–Trinajstić information content (AvgIpc) is 2.99. The van der Waals surface area contributed by atoms with Crippen LogP contribution in [0.15, 0.2) is 42.5 Å². The zero-order chi connectivity index (χ0) is 23.9. The summed E-state index contributed by atoms with van der Waals surface area (Å²) in [6.45, 7) is 0.553. The molecular weight excluding hydrogens is 449 g/mol. The van der Waals surface area contributed by atoms with Crippen LogP contribution in [-0.4, -0.2) is 18.5 Å². The molecule has 3 amide bonds. The molecule has 2 atom stereocenters. The molecule has 172 valence electrons. The molecule has 1 aliphatic heterocycles. The van der Waals surface area contributed by atoms with E-state index < -0.39 is 65.0 Å². The minimum atomic E-state index is -5.04. The second kappa shape index (κ2) is 8.08. The number of amides is 3. The van der Waals surface area contributed by atoms with Crippen molar-refractivity contribution < 1.29 is 45.1 Å². The third-order valence-electron chi connectivity index (χ3n) is 4.91. The lowest BCUT2D eigenvalue weighted by atomic mass is 9.90. The van der Waals surface area contributed by atoms with Crippen LogP contribution in [0.5, 0.6) is 0 Å². The van der Waals surface area contributed by atoms with Crippen LogP contribution < -0.4 is 10.6 Å². The lowest BCUT2D eigenvalue weighted by Crippen LogP contribution is -2.48. The van der Waals surface area contributed by atoms with Gasteiger partial charge in [-0.05, 0) is 48.4 Å². The number of carbonyl (C=O) groups is 2. The summed E-state index contributed by atoms with van der Waals surface area (Å²) < 4.78 is 97.3. The minimum absolute atomic E-state index is 0.0130. The number of benzene rings is 2. The molecule has 32 heavy (non-hydrogen) atoms. The SMILES string of the molecule is C[C@@H](OC[C@]1(c2ccc(F)cc2)NC(=O)NC1=O)c1cc(C(F)(F)F)cc(C(F)(F)F)c1. The fourth-order valence-corrected chi connectivity index (χ4v) is 3.17. The molecule has 1 aliphatic rings. The average molecular weight is 464 g/mol. The van der Waals surface area contributed by atoms with Crippen molar-refractivity contribution in [2.24, 2.45) is 0 Å². The highest BCUT2D eigenvalue weighted by molar-refractivity contribution is 6.07. The van der Waals surface area contributed by atoms with Crippen LogP contribution >= 0.6 is 0 Å². The molecule has 0 unspecified atom stereocenters. The van der Waals surface area contributed by atoms with Gasteiger partial charge < -0.3 is 10.1 Å². The van der Waals surface area contributed by atoms with Gasteiger partial charge in [0.1, 0.15) is 5.82 Å². The third kappa shape index (κ3) is 4.69. The molecule has 0 radical (unpaired) electrons. The summed E-state index contributed by atoms with van der Waals surface area (Å²) in [6, 6.07) is 4.54. The normalized spacial score (nSPS) is 20.1. The summed E-state index contributed by atoms with van der Waals surface area (Å²) in [6.07, 6.45) is -11.4. The first-order valence-corrected chi connectivity index (χ1v) is 9.03. The Bertz CT molecular complexity index is 1000. The van der Waals surface area contributed by atoms with Gasteiger partial charge in [-0.2, -0.15) is 26.3 Å². The van der Waals surface area contributed by atoms with Crippen LogP contribution in [0.3, 0.4) is 0 Å². The number of halogens is 7. The van der Waals surface area contributed by atoms with E-state index >= 15 is 0 Å².